The summed E-state index contributed by atoms with van der Waals surface area (Å²) in [6.07, 6.45) is 3.24. The first-order chi connectivity index (χ1) is 8.97. The van der Waals surface area contributed by atoms with Crippen LogP contribution in [0.2, 0.25) is 0 Å². The van der Waals surface area contributed by atoms with E-state index in [1.165, 1.54) is 30.5 Å². The summed E-state index contributed by atoms with van der Waals surface area (Å²) in [6.45, 7) is 0. The molecule has 1 atom stereocenters. The van der Waals surface area contributed by atoms with Gasteiger partial charge < -0.3 is 5.73 Å². The molecule has 1 nitrogen and oxygen atoms in total. The Labute approximate surface area is 111 Å². The molecule has 0 heterocycles. The third-order valence-corrected chi connectivity index (χ3v) is 3.53. The Hall–Kier alpha value is -1.29. The van der Waals surface area contributed by atoms with Gasteiger partial charge >= 0.3 is 6.18 Å². The molecule has 1 aromatic carbocycles. The minimum atomic E-state index is -4.28. The maximum atomic E-state index is 12.5. The number of halogens is 3. The molecule has 0 radical (unpaired) electrons. The van der Waals surface area contributed by atoms with Gasteiger partial charge in [-0.2, -0.15) is 13.2 Å². The summed E-state index contributed by atoms with van der Waals surface area (Å²) in [5.74, 6) is 0. The molecule has 0 aromatic heterocycles. The number of benzene rings is 1. The molecule has 2 rings (SSSR count). The van der Waals surface area contributed by atoms with Crippen molar-refractivity contribution in [2.24, 2.45) is 5.73 Å². The molecule has 1 aliphatic carbocycles. The summed E-state index contributed by atoms with van der Waals surface area (Å²) in [7, 11) is 0. The molecule has 2 N–H and O–H groups in total. The molecule has 1 unspecified atom stereocenters. The Balaban J connectivity index is 2.03. The van der Waals surface area contributed by atoms with Gasteiger partial charge in [-0.3, -0.25) is 0 Å². The molecule has 19 heavy (non-hydrogen) atoms. The minimum Gasteiger partial charge on any atom is -0.324 e. The summed E-state index contributed by atoms with van der Waals surface area (Å²) in [4.78, 5) is 0. The first kappa shape index (κ1) is 14.1. The highest BCUT2D eigenvalue weighted by Crippen LogP contribution is 2.31. The van der Waals surface area contributed by atoms with Crippen molar-refractivity contribution in [3.8, 4) is 0 Å². The predicted octanol–water partition coefficient (Wildman–Crippen LogP) is 4.60. The van der Waals surface area contributed by atoms with Gasteiger partial charge in [0.25, 0.3) is 0 Å². The summed E-state index contributed by atoms with van der Waals surface area (Å²) in [5, 5.41) is 0. The number of nitrogens with two attached hydrogens (primary N) is 1. The molecule has 4 heteroatoms. The number of alkyl halides is 3. The smallest absolute Gasteiger partial charge is 0.324 e. The molecule has 0 fully saturated rings. The summed E-state index contributed by atoms with van der Waals surface area (Å²) in [6, 6.07) is 4.95. The lowest BCUT2D eigenvalue weighted by atomic mass is 9.92. The van der Waals surface area contributed by atoms with Crippen LogP contribution in [0.25, 0.3) is 0 Å². The van der Waals surface area contributed by atoms with Crippen LogP contribution < -0.4 is 5.73 Å². The molecular weight excluding hydrogens is 251 g/mol. The van der Waals surface area contributed by atoms with Gasteiger partial charge in [0, 0.05) is 6.04 Å². The van der Waals surface area contributed by atoms with E-state index in [2.05, 4.69) is 6.08 Å². The third kappa shape index (κ3) is 3.83. The van der Waals surface area contributed by atoms with Crippen molar-refractivity contribution in [3.05, 3.63) is 47.0 Å². The van der Waals surface area contributed by atoms with Gasteiger partial charge in [-0.1, -0.05) is 23.8 Å². The van der Waals surface area contributed by atoms with Crippen molar-refractivity contribution < 1.29 is 13.2 Å². The lowest BCUT2D eigenvalue weighted by molar-refractivity contribution is -0.137. The average Bonchev–Trinajstić information content (AvgIpc) is 2.39. The molecule has 0 aliphatic heterocycles. The van der Waals surface area contributed by atoms with Crippen LogP contribution in [0.15, 0.2) is 35.9 Å². The zero-order valence-electron chi connectivity index (χ0n) is 10.7. The van der Waals surface area contributed by atoms with Crippen molar-refractivity contribution in [1.29, 1.82) is 0 Å². The van der Waals surface area contributed by atoms with Gasteiger partial charge in [-0.05, 0) is 49.8 Å². The highest BCUT2D eigenvalue weighted by Gasteiger charge is 2.30. The van der Waals surface area contributed by atoms with Crippen molar-refractivity contribution in [1.82, 2.24) is 0 Å². The van der Waals surface area contributed by atoms with Crippen LogP contribution >= 0.6 is 0 Å². The molecule has 0 spiro atoms. The molecule has 104 valence electrons. The van der Waals surface area contributed by atoms with Gasteiger partial charge in [0.05, 0.1) is 5.56 Å². The van der Waals surface area contributed by atoms with E-state index in [9.17, 15) is 13.2 Å². The van der Waals surface area contributed by atoms with Crippen molar-refractivity contribution >= 4 is 0 Å². The monoisotopic (exact) mass is 269 g/mol. The van der Waals surface area contributed by atoms with Gasteiger partial charge in [0.1, 0.15) is 0 Å². The van der Waals surface area contributed by atoms with Gasteiger partial charge in [-0.15, -0.1) is 0 Å². The number of hydrogen-bond acceptors (Lipinski definition) is 1. The van der Waals surface area contributed by atoms with E-state index in [1.807, 2.05) is 0 Å². The van der Waals surface area contributed by atoms with E-state index in [1.54, 1.807) is 0 Å². The van der Waals surface area contributed by atoms with Crippen LogP contribution in [-0.4, -0.2) is 0 Å². The van der Waals surface area contributed by atoms with E-state index in [4.69, 9.17) is 5.73 Å². The molecule has 0 saturated heterocycles. The molecule has 0 saturated carbocycles. The number of hydrogen-bond donors (Lipinski definition) is 1. The van der Waals surface area contributed by atoms with Crippen molar-refractivity contribution in [2.45, 2.75) is 44.3 Å². The van der Waals surface area contributed by atoms with Crippen LogP contribution in [0.3, 0.4) is 0 Å². The second kappa shape index (κ2) is 5.78. The normalized spacial score (nSPS) is 18.0. The second-order valence-corrected chi connectivity index (χ2v) is 5.04. The molecule has 1 aliphatic rings. The fraction of sp³-hybridized carbons (Fsp3) is 0.467. The number of rotatable bonds is 3. The molecule has 0 bridgehead atoms. The van der Waals surface area contributed by atoms with Crippen molar-refractivity contribution in [2.75, 3.05) is 0 Å². The highest BCUT2D eigenvalue weighted by molar-refractivity contribution is 5.27. The summed E-state index contributed by atoms with van der Waals surface area (Å²) in [5.41, 5.74) is 7.53. The largest absolute Gasteiger partial charge is 0.416 e. The van der Waals surface area contributed by atoms with E-state index in [0.29, 0.717) is 0 Å². The van der Waals surface area contributed by atoms with Crippen LogP contribution in [0.5, 0.6) is 0 Å². The van der Waals surface area contributed by atoms with E-state index >= 15 is 0 Å². The topological polar surface area (TPSA) is 26.0 Å². The molecule has 0 amide bonds. The van der Waals surface area contributed by atoms with Crippen LogP contribution in [0, 0.1) is 0 Å². The first-order valence-electron chi connectivity index (χ1n) is 6.57. The summed E-state index contributed by atoms with van der Waals surface area (Å²) >= 11 is 0. The second-order valence-electron chi connectivity index (χ2n) is 5.04. The maximum Gasteiger partial charge on any atom is 0.416 e. The quantitative estimate of drug-likeness (QED) is 0.798. The third-order valence-electron chi connectivity index (χ3n) is 3.53. The zero-order valence-corrected chi connectivity index (χ0v) is 10.7. The standard InChI is InChI=1S/C15H18F3N/c16-15(17,18)13-8-6-12(7-9-13)14(19)10-11-4-2-1-3-5-11/h4,6-9,14H,1-3,5,10,19H2. The Morgan fingerprint density at radius 1 is 1.11 bits per heavy atom. The van der Waals surface area contributed by atoms with Gasteiger partial charge in [0.15, 0.2) is 0 Å². The van der Waals surface area contributed by atoms with Crippen LogP contribution in [-0.2, 0) is 6.18 Å². The highest BCUT2D eigenvalue weighted by atomic mass is 19.4. The maximum absolute atomic E-state index is 12.5. The van der Waals surface area contributed by atoms with E-state index in [0.717, 1.165) is 37.0 Å². The molecule has 1 aromatic rings. The van der Waals surface area contributed by atoms with Crippen molar-refractivity contribution in [3.63, 3.8) is 0 Å². The fourth-order valence-electron chi connectivity index (χ4n) is 2.41. The predicted molar refractivity (Wildman–Crippen MR) is 69.5 cm³/mol. The first-order valence-corrected chi connectivity index (χ1v) is 6.57. The Morgan fingerprint density at radius 3 is 2.32 bits per heavy atom. The van der Waals surface area contributed by atoms with E-state index < -0.39 is 11.7 Å². The Bertz CT molecular complexity index is 445. The SMILES string of the molecule is NC(CC1=CCCCC1)c1ccc(C(F)(F)F)cc1. The van der Waals surface area contributed by atoms with Gasteiger partial charge in [-0.25, -0.2) is 0 Å². The zero-order chi connectivity index (χ0) is 13.9. The van der Waals surface area contributed by atoms with Gasteiger partial charge in [0.2, 0.25) is 0 Å². The van der Waals surface area contributed by atoms with Crippen LogP contribution in [0.1, 0.15) is 49.3 Å². The van der Waals surface area contributed by atoms with Crippen LogP contribution in [0.4, 0.5) is 13.2 Å². The average molecular weight is 269 g/mol. The minimum absolute atomic E-state index is 0.216. The van der Waals surface area contributed by atoms with E-state index in [-0.39, 0.29) is 6.04 Å². The number of allylic oxidation sites excluding steroid dienone is 1. The molecular formula is C15H18F3N. The summed E-state index contributed by atoms with van der Waals surface area (Å²) < 4.78 is 37.4. The Kier molecular flexibility index (Phi) is 4.30. The fourth-order valence-corrected chi connectivity index (χ4v) is 2.41. The Morgan fingerprint density at radius 2 is 1.79 bits per heavy atom. The lowest BCUT2D eigenvalue weighted by Gasteiger charge is -2.18. The lowest BCUT2D eigenvalue weighted by Crippen LogP contribution is -2.13.